The molecule has 0 aromatic heterocycles. The number of isocyanates is 2. The van der Waals surface area contributed by atoms with E-state index in [1.165, 1.54) is 0 Å². The number of halogens is 1. The highest BCUT2D eigenvalue weighted by atomic mass is 19.1. The van der Waals surface area contributed by atoms with Gasteiger partial charge in [-0.1, -0.05) is 0 Å². The van der Waals surface area contributed by atoms with Crippen LogP contribution in [0.25, 0.3) is 0 Å². The normalized spacial score (nSPS) is 2.75. The Bertz CT molecular complexity index is 69.3. The van der Waals surface area contributed by atoms with Crippen molar-refractivity contribution in [2.24, 2.45) is 0 Å². The lowest BCUT2D eigenvalue weighted by Crippen LogP contribution is -1.16. The van der Waals surface area contributed by atoms with E-state index in [9.17, 15) is 0 Å². The Kier molecular flexibility index (Phi) is 523. The van der Waals surface area contributed by atoms with Gasteiger partial charge in [0.2, 0.25) is 19.3 Å². The van der Waals surface area contributed by atoms with E-state index in [0.29, 0.717) is 0 Å². The molecule has 2 N–H and O–H groups in total. The van der Waals surface area contributed by atoms with Gasteiger partial charge in [-0.2, -0.15) is 0 Å². The van der Waals surface area contributed by atoms with E-state index in [1.54, 1.807) is 0 Å². The Morgan fingerprint density at radius 3 is 1.12 bits per heavy atom. The number of nitrogens with one attached hydrogen (secondary N) is 2. The summed E-state index contributed by atoms with van der Waals surface area (Å²) >= 11 is 0. The maximum absolute atomic E-state index is 8.75. The Labute approximate surface area is 45.3 Å². The van der Waals surface area contributed by atoms with Gasteiger partial charge < -0.3 is 0 Å². The molecular formula is C3H2FN2O2. The van der Waals surface area contributed by atoms with Gasteiger partial charge in [-0.3, -0.25) is 0 Å². The van der Waals surface area contributed by atoms with Crippen molar-refractivity contribution in [3.8, 4) is 0 Å². The zero-order valence-electron chi connectivity index (χ0n) is 3.69. The third-order valence-corrected chi connectivity index (χ3v) is 0. The van der Waals surface area contributed by atoms with Gasteiger partial charge >= 0.3 is 0 Å². The SMILES string of the molecule is N=C=O.N=C=O.[C]F. The molecule has 0 rings (SSSR count). The lowest BCUT2D eigenvalue weighted by molar-refractivity contribution is 0.562. The highest BCUT2D eigenvalue weighted by molar-refractivity contribution is 5.26. The first kappa shape index (κ1) is 15.9. The molecule has 0 saturated carbocycles. The smallest absolute Gasteiger partial charge is 0.232 e. The summed E-state index contributed by atoms with van der Waals surface area (Å²) in [5.41, 5.74) is 0. The largest absolute Gasteiger partial charge is 0.232 e. The second kappa shape index (κ2) is 263. The van der Waals surface area contributed by atoms with Crippen LogP contribution in [0.4, 0.5) is 4.39 Å². The second-order valence-electron chi connectivity index (χ2n) is 0.204. The molecule has 0 saturated heterocycles. The van der Waals surface area contributed by atoms with Crippen molar-refractivity contribution in [1.29, 1.82) is 10.8 Å². The Hall–Kier alpha value is -1.31. The lowest BCUT2D eigenvalue weighted by Gasteiger charge is -1.03. The zero-order valence-corrected chi connectivity index (χ0v) is 3.69. The fourth-order valence-electron chi connectivity index (χ4n) is 0. The van der Waals surface area contributed by atoms with Crippen LogP contribution < -0.4 is 0 Å². The van der Waals surface area contributed by atoms with Crippen molar-refractivity contribution >= 4 is 12.2 Å². The summed E-state index contributed by atoms with van der Waals surface area (Å²) in [6, 6.07) is 0. The highest BCUT2D eigenvalue weighted by Crippen LogP contribution is 1.27. The molecule has 0 unspecified atom stereocenters. The molecule has 0 heterocycles. The van der Waals surface area contributed by atoms with Gasteiger partial charge in [-0.25, -0.2) is 24.8 Å². The summed E-state index contributed by atoms with van der Waals surface area (Å²) < 4.78 is 8.75. The van der Waals surface area contributed by atoms with E-state index in [2.05, 4.69) is 7.18 Å². The Morgan fingerprint density at radius 2 is 1.12 bits per heavy atom. The van der Waals surface area contributed by atoms with Crippen molar-refractivity contribution in [3.05, 3.63) is 7.18 Å². The Morgan fingerprint density at radius 1 is 1.12 bits per heavy atom. The van der Waals surface area contributed by atoms with Gasteiger partial charge in [0.05, 0.1) is 0 Å². The van der Waals surface area contributed by atoms with Gasteiger partial charge in [-0.15, -0.1) is 0 Å². The summed E-state index contributed by atoms with van der Waals surface area (Å²) in [7, 11) is 4.25. The summed E-state index contributed by atoms with van der Waals surface area (Å²) in [4.78, 5) is 16.7. The molecule has 0 spiro atoms. The van der Waals surface area contributed by atoms with Crippen LogP contribution >= 0.6 is 0 Å². The summed E-state index contributed by atoms with van der Waals surface area (Å²) in [6.45, 7) is 0. The number of hydrogen-bond donors (Lipinski definition) is 2. The topological polar surface area (TPSA) is 81.8 Å². The average Bonchev–Trinajstić information content (AvgIpc) is 1.75. The molecular weight excluding hydrogens is 115 g/mol. The third kappa shape index (κ3) is 37.2. The quantitative estimate of drug-likeness (QED) is 0.353. The van der Waals surface area contributed by atoms with Gasteiger partial charge in [0.1, 0.15) is 0 Å². The fraction of sp³-hybridized carbons (Fsp3) is 0. The first-order chi connectivity index (χ1) is 3.83. The first-order valence-electron chi connectivity index (χ1n) is 1.10. The molecule has 0 aromatic carbocycles. The number of hydrogen-bond acceptors (Lipinski definition) is 4. The molecule has 0 aliphatic rings. The second-order valence-corrected chi connectivity index (χ2v) is 0.204. The molecule has 0 atom stereocenters. The molecule has 8 heavy (non-hydrogen) atoms. The van der Waals surface area contributed by atoms with Crippen LogP contribution in [0.2, 0.25) is 0 Å². The lowest BCUT2D eigenvalue weighted by atomic mass is 11.7. The first-order valence-corrected chi connectivity index (χ1v) is 1.10. The number of carbonyl (C=O) groups excluding carboxylic acids is 2. The molecule has 0 aromatic rings. The predicted octanol–water partition coefficient (Wildman–Crippen LogP) is 0.303. The van der Waals surface area contributed by atoms with E-state index < -0.39 is 0 Å². The molecule has 0 amide bonds. The van der Waals surface area contributed by atoms with Crippen LogP contribution in [0.5, 0.6) is 0 Å². The van der Waals surface area contributed by atoms with Crippen molar-refractivity contribution in [2.45, 2.75) is 0 Å². The maximum atomic E-state index is 8.75. The Balaban J connectivity index is -0.0000000483. The molecule has 0 aliphatic carbocycles. The van der Waals surface area contributed by atoms with E-state index in [1.807, 2.05) is 0 Å². The minimum atomic E-state index is 0.750. The maximum Gasteiger partial charge on any atom is 0.232 e. The van der Waals surface area contributed by atoms with Crippen LogP contribution in [-0.4, -0.2) is 12.2 Å². The van der Waals surface area contributed by atoms with Crippen LogP contribution in [0.3, 0.4) is 0 Å². The van der Waals surface area contributed by atoms with Crippen molar-refractivity contribution < 1.29 is 14.0 Å². The summed E-state index contributed by atoms with van der Waals surface area (Å²) in [5.74, 6) is 0. The average molecular weight is 117 g/mol. The molecule has 0 bridgehead atoms. The van der Waals surface area contributed by atoms with E-state index in [-0.39, 0.29) is 0 Å². The van der Waals surface area contributed by atoms with Crippen LogP contribution in [-0.2, 0) is 9.59 Å². The van der Waals surface area contributed by atoms with Crippen LogP contribution in [0.15, 0.2) is 0 Å². The molecule has 43 valence electrons. The highest BCUT2D eigenvalue weighted by Gasteiger charge is 1.04. The van der Waals surface area contributed by atoms with Crippen LogP contribution in [0.1, 0.15) is 0 Å². The standard InChI is InChI=1S/CF.2CHNO/c1-2;2*2-1-3/h;2*2H. The van der Waals surface area contributed by atoms with Gasteiger partial charge in [0.15, 0.2) is 0 Å². The molecule has 4 nitrogen and oxygen atoms in total. The summed E-state index contributed by atoms with van der Waals surface area (Å²) in [5, 5.41) is 10.8. The van der Waals surface area contributed by atoms with Gasteiger partial charge in [0, 0.05) is 0 Å². The van der Waals surface area contributed by atoms with E-state index in [0.717, 1.165) is 12.2 Å². The minimum absolute atomic E-state index is 0.750. The van der Waals surface area contributed by atoms with E-state index >= 15 is 0 Å². The molecule has 3 radical (unpaired) electrons. The van der Waals surface area contributed by atoms with Crippen molar-refractivity contribution in [2.75, 3.05) is 0 Å². The van der Waals surface area contributed by atoms with Gasteiger partial charge in [0.25, 0.3) is 0 Å². The van der Waals surface area contributed by atoms with Crippen molar-refractivity contribution in [3.63, 3.8) is 0 Å². The third-order valence-electron chi connectivity index (χ3n) is 0. The predicted molar refractivity (Wildman–Crippen MR) is 21.2 cm³/mol. The monoisotopic (exact) mass is 117 g/mol. The van der Waals surface area contributed by atoms with Gasteiger partial charge in [-0.05, 0) is 0 Å². The summed E-state index contributed by atoms with van der Waals surface area (Å²) in [6.07, 6.45) is 1.50. The molecule has 5 heteroatoms. The number of rotatable bonds is 0. The fourth-order valence-corrected chi connectivity index (χ4v) is 0. The zero-order chi connectivity index (χ0) is 7.41. The van der Waals surface area contributed by atoms with Crippen molar-refractivity contribution in [1.82, 2.24) is 0 Å². The van der Waals surface area contributed by atoms with E-state index in [4.69, 9.17) is 24.8 Å². The van der Waals surface area contributed by atoms with Crippen LogP contribution in [0, 0.1) is 18.0 Å². The molecule has 0 aliphatic heterocycles. The molecule has 0 fully saturated rings. The minimum Gasteiger partial charge on any atom is -0.232 e.